The van der Waals surface area contributed by atoms with Gasteiger partial charge in [0.2, 0.25) is 0 Å². The summed E-state index contributed by atoms with van der Waals surface area (Å²) in [5.74, 6) is 0. The van der Waals surface area contributed by atoms with Crippen LogP contribution in [0.2, 0.25) is 10.0 Å². The van der Waals surface area contributed by atoms with Crippen LogP contribution in [-0.4, -0.2) is 0 Å². The average Bonchev–Trinajstić information content (AvgIpc) is 2.28. The molecule has 17 heavy (non-hydrogen) atoms. The third-order valence-corrected chi connectivity index (χ3v) is 3.49. The van der Waals surface area contributed by atoms with E-state index < -0.39 is 0 Å². The SMILES string of the molecule is Cc1cc(Cl)cc(C(Cl)c2ccc(Cl)cc2)c1. The van der Waals surface area contributed by atoms with E-state index in [1.54, 1.807) is 0 Å². The molecule has 0 bridgehead atoms. The maximum Gasteiger partial charge on any atom is 0.0836 e. The minimum Gasteiger partial charge on any atom is -0.113 e. The average molecular weight is 286 g/mol. The fourth-order valence-corrected chi connectivity index (χ4v) is 2.43. The van der Waals surface area contributed by atoms with Crippen molar-refractivity contribution < 1.29 is 0 Å². The lowest BCUT2D eigenvalue weighted by Gasteiger charge is -2.11. The zero-order valence-electron chi connectivity index (χ0n) is 9.25. The Labute approximate surface area is 116 Å². The van der Waals surface area contributed by atoms with E-state index in [4.69, 9.17) is 34.8 Å². The molecular weight excluding hydrogens is 275 g/mol. The second-order valence-corrected chi connectivity index (χ2v) is 5.29. The van der Waals surface area contributed by atoms with Crippen molar-refractivity contribution in [1.82, 2.24) is 0 Å². The van der Waals surface area contributed by atoms with Crippen LogP contribution in [0.1, 0.15) is 22.1 Å². The van der Waals surface area contributed by atoms with E-state index in [0.29, 0.717) is 10.0 Å². The molecule has 0 nitrogen and oxygen atoms in total. The smallest absolute Gasteiger partial charge is 0.0836 e. The highest BCUT2D eigenvalue weighted by Gasteiger charge is 2.11. The minimum absolute atomic E-state index is 0.204. The number of hydrogen-bond acceptors (Lipinski definition) is 0. The molecular formula is C14H11Cl3. The Bertz CT molecular complexity index is 497. The van der Waals surface area contributed by atoms with Gasteiger partial charge in [0.05, 0.1) is 5.38 Å². The van der Waals surface area contributed by atoms with Crippen molar-refractivity contribution in [3.8, 4) is 0 Å². The molecule has 88 valence electrons. The van der Waals surface area contributed by atoms with Crippen LogP contribution in [0.25, 0.3) is 0 Å². The van der Waals surface area contributed by atoms with Crippen molar-refractivity contribution in [1.29, 1.82) is 0 Å². The van der Waals surface area contributed by atoms with Gasteiger partial charge in [0.25, 0.3) is 0 Å². The standard InChI is InChI=1S/C14H11Cl3/c1-9-6-11(8-13(16)7-9)14(17)10-2-4-12(15)5-3-10/h2-8,14H,1H3. The third kappa shape index (κ3) is 3.16. The Morgan fingerprint density at radius 1 is 0.824 bits per heavy atom. The van der Waals surface area contributed by atoms with Gasteiger partial charge >= 0.3 is 0 Å². The van der Waals surface area contributed by atoms with Gasteiger partial charge in [-0.2, -0.15) is 0 Å². The third-order valence-electron chi connectivity index (χ3n) is 2.52. The molecule has 0 spiro atoms. The molecule has 0 saturated heterocycles. The topological polar surface area (TPSA) is 0 Å². The molecule has 0 heterocycles. The number of hydrogen-bond donors (Lipinski definition) is 0. The van der Waals surface area contributed by atoms with E-state index >= 15 is 0 Å². The molecule has 0 fully saturated rings. The summed E-state index contributed by atoms with van der Waals surface area (Å²) in [6.07, 6.45) is 0. The summed E-state index contributed by atoms with van der Waals surface area (Å²) in [4.78, 5) is 0. The molecule has 0 aliphatic rings. The van der Waals surface area contributed by atoms with E-state index in [1.165, 1.54) is 0 Å². The first-order valence-corrected chi connectivity index (χ1v) is 6.42. The predicted molar refractivity (Wildman–Crippen MR) is 75.3 cm³/mol. The largest absolute Gasteiger partial charge is 0.113 e. The van der Waals surface area contributed by atoms with Crippen LogP contribution in [0.3, 0.4) is 0 Å². The fourth-order valence-electron chi connectivity index (χ4n) is 1.74. The predicted octanol–water partition coefficient (Wildman–Crippen LogP) is 5.63. The van der Waals surface area contributed by atoms with E-state index in [9.17, 15) is 0 Å². The number of aryl methyl sites for hydroxylation is 1. The molecule has 1 unspecified atom stereocenters. The van der Waals surface area contributed by atoms with Gasteiger partial charge in [-0.25, -0.2) is 0 Å². The Morgan fingerprint density at radius 3 is 2.06 bits per heavy atom. The molecule has 0 aliphatic carbocycles. The molecule has 0 N–H and O–H groups in total. The zero-order chi connectivity index (χ0) is 12.4. The van der Waals surface area contributed by atoms with Crippen LogP contribution < -0.4 is 0 Å². The number of halogens is 3. The van der Waals surface area contributed by atoms with Crippen molar-refractivity contribution in [2.24, 2.45) is 0 Å². The van der Waals surface area contributed by atoms with Gasteiger partial charge in [0.15, 0.2) is 0 Å². The normalized spacial score (nSPS) is 12.5. The van der Waals surface area contributed by atoms with Crippen molar-refractivity contribution >= 4 is 34.8 Å². The van der Waals surface area contributed by atoms with Crippen LogP contribution in [0.4, 0.5) is 0 Å². The summed E-state index contributed by atoms with van der Waals surface area (Å²) >= 11 is 18.3. The van der Waals surface area contributed by atoms with Gasteiger partial charge < -0.3 is 0 Å². The molecule has 0 radical (unpaired) electrons. The summed E-state index contributed by atoms with van der Waals surface area (Å²) in [7, 11) is 0. The summed E-state index contributed by atoms with van der Waals surface area (Å²) < 4.78 is 0. The van der Waals surface area contributed by atoms with E-state index in [2.05, 4.69) is 0 Å². The quantitative estimate of drug-likeness (QED) is 0.627. The molecule has 2 aromatic rings. The van der Waals surface area contributed by atoms with Gasteiger partial charge in [-0.15, -0.1) is 11.6 Å². The van der Waals surface area contributed by atoms with Gasteiger partial charge in [0, 0.05) is 10.0 Å². The molecule has 0 saturated carbocycles. The monoisotopic (exact) mass is 284 g/mol. The van der Waals surface area contributed by atoms with E-state index in [1.807, 2.05) is 49.4 Å². The first-order chi connectivity index (χ1) is 8.06. The summed E-state index contributed by atoms with van der Waals surface area (Å²) in [5, 5.41) is 1.21. The summed E-state index contributed by atoms with van der Waals surface area (Å²) in [5.41, 5.74) is 3.11. The lowest BCUT2D eigenvalue weighted by molar-refractivity contribution is 1.13. The lowest BCUT2D eigenvalue weighted by Crippen LogP contribution is -1.93. The van der Waals surface area contributed by atoms with Crippen LogP contribution in [-0.2, 0) is 0 Å². The maximum absolute atomic E-state index is 6.43. The Kier molecular flexibility index (Phi) is 3.98. The summed E-state index contributed by atoms with van der Waals surface area (Å²) in [6, 6.07) is 13.4. The fraction of sp³-hybridized carbons (Fsp3) is 0.143. The van der Waals surface area contributed by atoms with Crippen LogP contribution >= 0.6 is 34.8 Å². The Morgan fingerprint density at radius 2 is 1.47 bits per heavy atom. The van der Waals surface area contributed by atoms with Gasteiger partial charge in [-0.1, -0.05) is 41.4 Å². The molecule has 2 rings (SSSR count). The number of rotatable bonds is 2. The van der Waals surface area contributed by atoms with Gasteiger partial charge in [-0.05, 0) is 47.9 Å². The van der Waals surface area contributed by atoms with Crippen molar-refractivity contribution in [3.63, 3.8) is 0 Å². The zero-order valence-corrected chi connectivity index (χ0v) is 11.5. The molecule has 1 atom stereocenters. The van der Waals surface area contributed by atoms with Crippen LogP contribution in [0.15, 0.2) is 42.5 Å². The van der Waals surface area contributed by atoms with Gasteiger partial charge in [-0.3, -0.25) is 0 Å². The lowest BCUT2D eigenvalue weighted by atomic mass is 10.0. The highest BCUT2D eigenvalue weighted by atomic mass is 35.5. The molecule has 3 heteroatoms. The maximum atomic E-state index is 6.43. The highest BCUT2D eigenvalue weighted by molar-refractivity contribution is 6.31. The van der Waals surface area contributed by atoms with Crippen molar-refractivity contribution in [2.45, 2.75) is 12.3 Å². The number of alkyl halides is 1. The van der Waals surface area contributed by atoms with Crippen molar-refractivity contribution in [3.05, 3.63) is 69.2 Å². The molecule has 0 aliphatic heterocycles. The second kappa shape index (κ2) is 5.30. The molecule has 0 aromatic heterocycles. The van der Waals surface area contributed by atoms with E-state index in [-0.39, 0.29) is 5.38 Å². The second-order valence-electron chi connectivity index (χ2n) is 3.98. The summed E-state index contributed by atoms with van der Waals surface area (Å²) in [6.45, 7) is 2.00. The first kappa shape index (κ1) is 12.8. The molecule has 2 aromatic carbocycles. The van der Waals surface area contributed by atoms with Gasteiger partial charge in [0.1, 0.15) is 0 Å². The Balaban J connectivity index is 2.36. The first-order valence-electron chi connectivity index (χ1n) is 5.23. The van der Waals surface area contributed by atoms with Crippen LogP contribution in [0, 0.1) is 6.92 Å². The van der Waals surface area contributed by atoms with Crippen molar-refractivity contribution in [2.75, 3.05) is 0 Å². The Hall–Kier alpha value is -0.690. The number of benzene rings is 2. The molecule has 0 amide bonds. The minimum atomic E-state index is -0.204. The van der Waals surface area contributed by atoms with Crippen LogP contribution in [0.5, 0.6) is 0 Å². The highest BCUT2D eigenvalue weighted by Crippen LogP contribution is 2.31. The van der Waals surface area contributed by atoms with E-state index in [0.717, 1.165) is 16.7 Å².